The molecule has 1 aromatic rings. The highest BCUT2D eigenvalue weighted by molar-refractivity contribution is 6.18. The van der Waals surface area contributed by atoms with Gasteiger partial charge in [0.25, 0.3) is 0 Å². The van der Waals surface area contributed by atoms with Gasteiger partial charge < -0.3 is 9.84 Å². The van der Waals surface area contributed by atoms with E-state index < -0.39 is 0 Å². The van der Waals surface area contributed by atoms with Crippen molar-refractivity contribution in [2.45, 2.75) is 26.7 Å². The fraction of sp³-hybridized carbons (Fsp3) is 0.462. The second kappa shape index (κ2) is 6.50. The molecule has 0 aliphatic carbocycles. The van der Waals surface area contributed by atoms with E-state index in [9.17, 15) is 9.90 Å². The smallest absolute Gasteiger partial charge is 0.163 e. The molecule has 1 rings (SSSR count). The molecule has 1 N–H and O–H groups in total. The average Bonchev–Trinajstić information content (AvgIpc) is 2.29. The van der Waals surface area contributed by atoms with Gasteiger partial charge >= 0.3 is 0 Å². The van der Waals surface area contributed by atoms with Crippen LogP contribution >= 0.6 is 11.6 Å². The summed E-state index contributed by atoms with van der Waals surface area (Å²) in [5.41, 5.74) is 1.02. The van der Waals surface area contributed by atoms with Crippen molar-refractivity contribution in [2.24, 2.45) is 0 Å². The molecule has 0 aliphatic rings. The van der Waals surface area contributed by atoms with Crippen LogP contribution in [-0.2, 0) is 6.42 Å². The summed E-state index contributed by atoms with van der Waals surface area (Å²) in [4.78, 5) is 11.3. The molecule has 0 atom stereocenters. The van der Waals surface area contributed by atoms with Crippen molar-refractivity contribution < 1.29 is 14.6 Å². The van der Waals surface area contributed by atoms with Crippen LogP contribution < -0.4 is 4.74 Å². The molecule has 0 aliphatic heterocycles. The first kappa shape index (κ1) is 13.8. The molecule has 17 heavy (non-hydrogen) atoms. The summed E-state index contributed by atoms with van der Waals surface area (Å²) in [6.07, 6.45) is 1.54. The van der Waals surface area contributed by atoms with Gasteiger partial charge in [0, 0.05) is 5.56 Å². The molecular formula is C13H17ClO3. The van der Waals surface area contributed by atoms with Gasteiger partial charge in [-0.25, -0.2) is 0 Å². The number of carbonyl (C=O) groups excluding carboxylic acids is 1. The van der Waals surface area contributed by atoms with Crippen molar-refractivity contribution in [3.63, 3.8) is 0 Å². The molecule has 0 amide bonds. The average molecular weight is 257 g/mol. The molecule has 1 aromatic carbocycles. The predicted molar refractivity (Wildman–Crippen MR) is 68.3 cm³/mol. The van der Waals surface area contributed by atoms with Crippen LogP contribution in [0.1, 0.15) is 36.2 Å². The number of carbonyl (C=O) groups is 1. The third kappa shape index (κ3) is 3.37. The fourth-order valence-corrected chi connectivity index (χ4v) is 1.75. The first-order valence-corrected chi connectivity index (χ1v) is 6.19. The Hall–Kier alpha value is -1.22. The molecule has 0 radical (unpaired) electrons. The largest absolute Gasteiger partial charge is 0.507 e. The van der Waals surface area contributed by atoms with Crippen LogP contribution in [0.25, 0.3) is 0 Å². The fourth-order valence-electron chi connectivity index (χ4n) is 1.68. The van der Waals surface area contributed by atoms with E-state index in [0.717, 1.165) is 6.42 Å². The molecule has 0 fully saturated rings. The number of ketones is 1. The standard InChI is InChI=1S/C13H17ClO3/c1-3-4-11-12(17-8-7-14)6-5-10(9(2)15)13(11)16/h5-6,16H,3-4,7-8H2,1-2H3. The van der Waals surface area contributed by atoms with Crippen LogP contribution in [0, 0.1) is 0 Å². The summed E-state index contributed by atoms with van der Waals surface area (Å²) in [5, 5.41) is 10.0. The number of hydrogen-bond acceptors (Lipinski definition) is 3. The molecule has 0 aromatic heterocycles. The highest BCUT2D eigenvalue weighted by atomic mass is 35.5. The monoisotopic (exact) mass is 256 g/mol. The van der Waals surface area contributed by atoms with Gasteiger partial charge in [0.15, 0.2) is 5.78 Å². The highest BCUT2D eigenvalue weighted by Gasteiger charge is 2.15. The quantitative estimate of drug-likeness (QED) is 0.628. The second-order valence-corrected chi connectivity index (χ2v) is 4.16. The van der Waals surface area contributed by atoms with Crippen molar-refractivity contribution in [3.05, 3.63) is 23.3 Å². The van der Waals surface area contributed by atoms with Crippen molar-refractivity contribution in [3.8, 4) is 11.5 Å². The van der Waals surface area contributed by atoms with Crippen LogP contribution in [0.15, 0.2) is 12.1 Å². The van der Waals surface area contributed by atoms with Gasteiger partial charge in [-0.05, 0) is 25.5 Å². The summed E-state index contributed by atoms with van der Waals surface area (Å²) >= 11 is 5.56. The first-order valence-electron chi connectivity index (χ1n) is 5.66. The molecule has 0 saturated carbocycles. The third-order valence-electron chi connectivity index (χ3n) is 2.45. The van der Waals surface area contributed by atoms with Gasteiger partial charge in [-0.2, -0.15) is 0 Å². The number of benzene rings is 1. The van der Waals surface area contributed by atoms with E-state index in [4.69, 9.17) is 16.3 Å². The SMILES string of the molecule is CCCc1c(OCCCl)ccc(C(C)=O)c1O. The minimum atomic E-state index is -0.149. The summed E-state index contributed by atoms with van der Waals surface area (Å²) in [5.74, 6) is 0.881. The van der Waals surface area contributed by atoms with Gasteiger partial charge in [0.1, 0.15) is 18.1 Å². The molecule has 0 saturated heterocycles. The Morgan fingerprint density at radius 2 is 2.18 bits per heavy atom. The third-order valence-corrected chi connectivity index (χ3v) is 2.61. The lowest BCUT2D eigenvalue weighted by molar-refractivity contribution is 0.101. The molecular weight excluding hydrogens is 240 g/mol. The minimum absolute atomic E-state index is 0.0337. The molecule has 0 bridgehead atoms. The maximum atomic E-state index is 11.3. The highest BCUT2D eigenvalue weighted by Crippen LogP contribution is 2.32. The number of aromatic hydroxyl groups is 1. The zero-order chi connectivity index (χ0) is 12.8. The van der Waals surface area contributed by atoms with Gasteiger partial charge in [0.05, 0.1) is 11.4 Å². The van der Waals surface area contributed by atoms with E-state index in [1.54, 1.807) is 12.1 Å². The number of phenolic OH excluding ortho intramolecular Hbond substituents is 1. The van der Waals surface area contributed by atoms with Crippen molar-refractivity contribution in [1.29, 1.82) is 0 Å². The number of Topliss-reactive ketones (excluding diaryl/α,β-unsaturated/α-hetero) is 1. The van der Waals surface area contributed by atoms with Crippen molar-refractivity contribution in [1.82, 2.24) is 0 Å². The van der Waals surface area contributed by atoms with Crippen LogP contribution in [0.2, 0.25) is 0 Å². The van der Waals surface area contributed by atoms with E-state index in [2.05, 4.69) is 0 Å². The van der Waals surface area contributed by atoms with E-state index >= 15 is 0 Å². The molecule has 0 heterocycles. The Labute approximate surface area is 106 Å². The van der Waals surface area contributed by atoms with Crippen LogP contribution in [-0.4, -0.2) is 23.4 Å². The Morgan fingerprint density at radius 3 is 2.71 bits per heavy atom. The second-order valence-electron chi connectivity index (χ2n) is 3.78. The maximum absolute atomic E-state index is 11.3. The number of rotatable bonds is 6. The first-order chi connectivity index (χ1) is 8.11. The zero-order valence-electron chi connectivity index (χ0n) is 10.1. The number of phenols is 1. The van der Waals surface area contributed by atoms with E-state index in [1.807, 2.05) is 6.92 Å². The number of alkyl halides is 1. The van der Waals surface area contributed by atoms with Gasteiger partial charge in [0.2, 0.25) is 0 Å². The Morgan fingerprint density at radius 1 is 1.47 bits per heavy atom. The Balaban J connectivity index is 3.14. The Bertz CT molecular complexity index is 402. The minimum Gasteiger partial charge on any atom is -0.507 e. The predicted octanol–water partition coefficient (Wildman–Crippen LogP) is 3.16. The number of hydrogen-bond donors (Lipinski definition) is 1. The zero-order valence-corrected chi connectivity index (χ0v) is 10.9. The lowest BCUT2D eigenvalue weighted by Gasteiger charge is -2.13. The Kier molecular flexibility index (Phi) is 5.29. The topological polar surface area (TPSA) is 46.5 Å². The van der Waals surface area contributed by atoms with Gasteiger partial charge in [-0.1, -0.05) is 13.3 Å². The summed E-state index contributed by atoms with van der Waals surface area (Å²) in [6, 6.07) is 3.30. The summed E-state index contributed by atoms with van der Waals surface area (Å²) in [7, 11) is 0. The van der Waals surface area contributed by atoms with Crippen LogP contribution in [0.4, 0.5) is 0 Å². The van der Waals surface area contributed by atoms with E-state index in [0.29, 0.717) is 35.8 Å². The van der Waals surface area contributed by atoms with E-state index in [1.165, 1.54) is 6.92 Å². The summed E-state index contributed by atoms with van der Waals surface area (Å²) in [6.45, 7) is 3.83. The molecule has 3 nitrogen and oxygen atoms in total. The van der Waals surface area contributed by atoms with E-state index in [-0.39, 0.29) is 11.5 Å². The van der Waals surface area contributed by atoms with Crippen molar-refractivity contribution in [2.75, 3.05) is 12.5 Å². The van der Waals surface area contributed by atoms with Gasteiger partial charge in [-0.3, -0.25) is 4.79 Å². The summed E-state index contributed by atoms with van der Waals surface area (Å²) < 4.78 is 5.45. The molecule has 4 heteroatoms. The number of halogens is 1. The molecule has 0 spiro atoms. The maximum Gasteiger partial charge on any atom is 0.163 e. The lowest BCUT2D eigenvalue weighted by Crippen LogP contribution is -2.04. The molecule has 94 valence electrons. The molecule has 0 unspecified atom stereocenters. The number of ether oxygens (including phenoxy) is 1. The van der Waals surface area contributed by atoms with Crippen molar-refractivity contribution >= 4 is 17.4 Å². The van der Waals surface area contributed by atoms with Gasteiger partial charge in [-0.15, -0.1) is 11.6 Å². The normalized spacial score (nSPS) is 10.3. The van der Waals surface area contributed by atoms with Crippen LogP contribution in [0.3, 0.4) is 0 Å². The lowest BCUT2D eigenvalue weighted by atomic mass is 10.0. The van der Waals surface area contributed by atoms with Crippen LogP contribution in [0.5, 0.6) is 11.5 Å².